The first-order chi connectivity index (χ1) is 14.0. The van der Waals surface area contributed by atoms with E-state index in [1.165, 1.54) is 25.9 Å². The van der Waals surface area contributed by atoms with Gasteiger partial charge in [-0.1, -0.05) is 50.6 Å². The number of benzene rings is 2. The zero-order chi connectivity index (χ0) is 20.6. The van der Waals surface area contributed by atoms with Crippen LogP contribution in [-0.2, 0) is 0 Å². The average molecular weight is 393 g/mol. The molecule has 2 aromatic carbocycles. The molecule has 0 aliphatic rings. The van der Waals surface area contributed by atoms with E-state index >= 15 is 0 Å². The van der Waals surface area contributed by atoms with E-state index in [9.17, 15) is 4.79 Å². The molecule has 5 nitrogen and oxygen atoms in total. The Hall–Kier alpha value is -2.66. The van der Waals surface area contributed by atoms with Crippen molar-refractivity contribution in [3.8, 4) is 11.3 Å². The predicted molar refractivity (Wildman–Crippen MR) is 122 cm³/mol. The minimum atomic E-state index is -0.155. The Kier molecular flexibility index (Phi) is 7.42. The van der Waals surface area contributed by atoms with Crippen LogP contribution in [0, 0.1) is 5.92 Å². The van der Waals surface area contributed by atoms with Crippen molar-refractivity contribution in [1.82, 2.24) is 15.1 Å². The SMILES string of the molecule is CC(C)CN(C)CCCCCNc1cccc(-c2n[nH]c(=O)c3ccccc23)c1. The molecule has 0 atom stereocenters. The summed E-state index contributed by atoms with van der Waals surface area (Å²) in [4.78, 5) is 14.4. The van der Waals surface area contributed by atoms with Gasteiger partial charge in [0.25, 0.3) is 5.56 Å². The highest BCUT2D eigenvalue weighted by molar-refractivity contribution is 5.94. The highest BCUT2D eigenvalue weighted by Gasteiger charge is 2.08. The smallest absolute Gasteiger partial charge is 0.272 e. The molecule has 0 fully saturated rings. The summed E-state index contributed by atoms with van der Waals surface area (Å²) in [7, 11) is 2.21. The molecule has 1 aromatic heterocycles. The van der Waals surface area contributed by atoms with Crippen molar-refractivity contribution in [3.05, 3.63) is 58.9 Å². The van der Waals surface area contributed by atoms with Gasteiger partial charge in [-0.05, 0) is 50.6 Å². The van der Waals surface area contributed by atoms with Crippen molar-refractivity contribution < 1.29 is 0 Å². The van der Waals surface area contributed by atoms with Gasteiger partial charge in [0.05, 0.1) is 11.1 Å². The van der Waals surface area contributed by atoms with Gasteiger partial charge in [0.2, 0.25) is 0 Å². The maximum atomic E-state index is 12.0. The van der Waals surface area contributed by atoms with Crippen LogP contribution in [0.4, 0.5) is 5.69 Å². The van der Waals surface area contributed by atoms with E-state index in [4.69, 9.17) is 0 Å². The van der Waals surface area contributed by atoms with Crippen LogP contribution in [-0.4, -0.2) is 41.8 Å². The lowest BCUT2D eigenvalue weighted by atomic mass is 10.0. The largest absolute Gasteiger partial charge is 0.385 e. The van der Waals surface area contributed by atoms with Crippen LogP contribution >= 0.6 is 0 Å². The lowest BCUT2D eigenvalue weighted by Crippen LogP contribution is -2.24. The van der Waals surface area contributed by atoms with E-state index in [-0.39, 0.29) is 5.56 Å². The number of nitrogens with one attached hydrogen (secondary N) is 2. The second-order valence-corrected chi connectivity index (χ2v) is 8.17. The van der Waals surface area contributed by atoms with Gasteiger partial charge >= 0.3 is 0 Å². The summed E-state index contributed by atoms with van der Waals surface area (Å²) in [6.45, 7) is 7.81. The van der Waals surface area contributed by atoms with Gasteiger partial charge in [0.1, 0.15) is 0 Å². The molecular weight excluding hydrogens is 360 g/mol. The standard InChI is InChI=1S/C24H32N4O/c1-18(2)17-28(3)15-8-4-7-14-25-20-11-9-10-19(16-20)23-21-12-5-6-13-22(21)24(29)27-26-23/h5-6,9-13,16,18,25H,4,7-8,14-15,17H2,1-3H3,(H,27,29). The summed E-state index contributed by atoms with van der Waals surface area (Å²) in [5.74, 6) is 0.725. The van der Waals surface area contributed by atoms with Crippen LogP contribution in [0.3, 0.4) is 0 Å². The first-order valence-electron chi connectivity index (χ1n) is 10.5. The van der Waals surface area contributed by atoms with Gasteiger partial charge in [0.15, 0.2) is 0 Å². The van der Waals surface area contributed by atoms with Crippen molar-refractivity contribution in [2.24, 2.45) is 5.92 Å². The molecule has 0 aliphatic heterocycles. The Morgan fingerprint density at radius 2 is 1.83 bits per heavy atom. The number of unbranched alkanes of at least 4 members (excludes halogenated alkanes) is 2. The van der Waals surface area contributed by atoms with Crippen molar-refractivity contribution >= 4 is 16.5 Å². The minimum Gasteiger partial charge on any atom is -0.385 e. The number of H-pyrrole nitrogens is 1. The van der Waals surface area contributed by atoms with E-state index < -0.39 is 0 Å². The number of aromatic amines is 1. The second-order valence-electron chi connectivity index (χ2n) is 8.17. The average Bonchev–Trinajstić information content (AvgIpc) is 2.71. The Morgan fingerprint density at radius 3 is 2.62 bits per heavy atom. The molecule has 3 rings (SSSR count). The summed E-state index contributed by atoms with van der Waals surface area (Å²) in [6.07, 6.45) is 3.61. The van der Waals surface area contributed by atoms with Crippen LogP contribution in [0.15, 0.2) is 53.3 Å². The number of rotatable bonds is 10. The first-order valence-corrected chi connectivity index (χ1v) is 10.5. The van der Waals surface area contributed by atoms with Crippen LogP contribution in [0.1, 0.15) is 33.1 Å². The van der Waals surface area contributed by atoms with Crippen LogP contribution in [0.5, 0.6) is 0 Å². The van der Waals surface area contributed by atoms with Crippen LogP contribution in [0.25, 0.3) is 22.0 Å². The van der Waals surface area contributed by atoms with Crippen LogP contribution < -0.4 is 10.9 Å². The molecule has 0 saturated heterocycles. The highest BCUT2D eigenvalue weighted by atomic mass is 16.1. The third-order valence-electron chi connectivity index (χ3n) is 5.05. The summed E-state index contributed by atoms with van der Waals surface area (Å²) in [6, 6.07) is 15.8. The molecule has 0 bridgehead atoms. The zero-order valence-corrected chi connectivity index (χ0v) is 17.7. The molecule has 2 N–H and O–H groups in total. The second kappa shape index (κ2) is 10.2. The fraction of sp³-hybridized carbons (Fsp3) is 0.417. The van der Waals surface area contributed by atoms with E-state index in [0.717, 1.165) is 41.2 Å². The zero-order valence-electron chi connectivity index (χ0n) is 17.7. The van der Waals surface area contributed by atoms with E-state index in [1.807, 2.05) is 36.4 Å². The fourth-order valence-corrected chi connectivity index (χ4v) is 3.74. The van der Waals surface area contributed by atoms with Crippen molar-refractivity contribution in [2.75, 3.05) is 32.0 Å². The fourth-order valence-electron chi connectivity index (χ4n) is 3.74. The molecule has 29 heavy (non-hydrogen) atoms. The van der Waals surface area contributed by atoms with E-state index in [1.54, 1.807) is 0 Å². The molecule has 0 spiro atoms. The number of anilines is 1. The van der Waals surface area contributed by atoms with E-state index in [0.29, 0.717) is 5.39 Å². The van der Waals surface area contributed by atoms with Gasteiger partial charge in [-0.15, -0.1) is 0 Å². The van der Waals surface area contributed by atoms with E-state index in [2.05, 4.69) is 53.4 Å². The summed E-state index contributed by atoms with van der Waals surface area (Å²) < 4.78 is 0. The lowest BCUT2D eigenvalue weighted by molar-refractivity contribution is 0.289. The Balaban J connectivity index is 1.56. The van der Waals surface area contributed by atoms with Crippen molar-refractivity contribution in [2.45, 2.75) is 33.1 Å². The molecule has 1 heterocycles. The van der Waals surface area contributed by atoms with Gasteiger partial charge in [0, 0.05) is 29.7 Å². The Morgan fingerprint density at radius 1 is 1.03 bits per heavy atom. The number of hydrogen-bond donors (Lipinski definition) is 2. The molecule has 0 unspecified atom stereocenters. The highest BCUT2D eigenvalue weighted by Crippen LogP contribution is 2.26. The third-order valence-corrected chi connectivity index (χ3v) is 5.05. The van der Waals surface area contributed by atoms with Gasteiger partial charge in [-0.25, -0.2) is 5.10 Å². The Bertz CT molecular complexity index is 980. The summed E-state index contributed by atoms with van der Waals surface area (Å²) in [5.41, 5.74) is 2.73. The minimum absolute atomic E-state index is 0.155. The molecule has 3 aromatic rings. The molecule has 0 radical (unpaired) electrons. The normalized spacial score (nSPS) is 11.5. The number of nitrogens with zero attached hydrogens (tertiary/aromatic N) is 2. The molecule has 0 amide bonds. The number of fused-ring (bicyclic) bond motifs is 1. The van der Waals surface area contributed by atoms with Crippen molar-refractivity contribution in [3.63, 3.8) is 0 Å². The quantitative estimate of drug-likeness (QED) is 0.488. The molecule has 0 saturated carbocycles. The van der Waals surface area contributed by atoms with Crippen molar-refractivity contribution in [1.29, 1.82) is 0 Å². The predicted octanol–water partition coefficient (Wildman–Crippen LogP) is 4.76. The number of hydrogen-bond acceptors (Lipinski definition) is 4. The van der Waals surface area contributed by atoms with Gasteiger partial charge in [-0.2, -0.15) is 5.10 Å². The third kappa shape index (κ3) is 5.91. The monoisotopic (exact) mass is 392 g/mol. The lowest BCUT2D eigenvalue weighted by Gasteiger charge is -2.18. The first kappa shape index (κ1) is 21.1. The Labute approximate surface area is 173 Å². The molecule has 154 valence electrons. The van der Waals surface area contributed by atoms with Crippen LogP contribution in [0.2, 0.25) is 0 Å². The summed E-state index contributed by atoms with van der Waals surface area (Å²) in [5, 5.41) is 12.0. The maximum Gasteiger partial charge on any atom is 0.272 e. The summed E-state index contributed by atoms with van der Waals surface area (Å²) >= 11 is 0. The maximum absolute atomic E-state index is 12.0. The topological polar surface area (TPSA) is 61.0 Å². The molecule has 5 heteroatoms. The molecule has 0 aliphatic carbocycles. The van der Waals surface area contributed by atoms with Gasteiger partial charge in [-0.3, -0.25) is 4.79 Å². The molecular formula is C24H32N4O. The number of aromatic nitrogens is 2. The van der Waals surface area contributed by atoms with Gasteiger partial charge < -0.3 is 10.2 Å².